The average molecular weight is 252 g/mol. The first-order chi connectivity index (χ1) is 6.56. The molecule has 1 unspecified atom stereocenters. The molecule has 2 atom stereocenters. The van der Waals surface area contributed by atoms with Gasteiger partial charge in [-0.1, -0.05) is 37.9 Å². The van der Waals surface area contributed by atoms with E-state index in [4.69, 9.17) is 17.3 Å². The highest BCUT2D eigenvalue weighted by atomic mass is 35.5. The molecule has 1 aromatic rings. The Morgan fingerprint density at radius 1 is 1.47 bits per heavy atom. The lowest BCUT2D eigenvalue weighted by molar-refractivity contribution is 0.456. The third-order valence-electron chi connectivity index (χ3n) is 2.58. The summed E-state index contributed by atoms with van der Waals surface area (Å²) in [7, 11) is 0. The summed E-state index contributed by atoms with van der Waals surface area (Å²) < 4.78 is 12.8. The number of hydrogen-bond acceptors (Lipinski definition) is 1. The maximum Gasteiger partial charge on any atom is 0.124 e. The van der Waals surface area contributed by atoms with Crippen molar-refractivity contribution in [3.63, 3.8) is 0 Å². The number of hydrogen-bond donors (Lipinski definition) is 1. The molecule has 0 aliphatic rings. The van der Waals surface area contributed by atoms with Gasteiger partial charge in [-0.25, -0.2) is 4.39 Å². The van der Waals surface area contributed by atoms with Crippen LogP contribution < -0.4 is 5.73 Å². The zero-order valence-electron chi connectivity index (χ0n) is 8.84. The van der Waals surface area contributed by atoms with Gasteiger partial charge in [0.15, 0.2) is 0 Å². The van der Waals surface area contributed by atoms with E-state index >= 15 is 0 Å². The molecule has 0 aliphatic heterocycles. The number of halogens is 3. The molecule has 1 rings (SSSR count). The van der Waals surface area contributed by atoms with Crippen LogP contribution in [0, 0.1) is 11.7 Å². The Morgan fingerprint density at radius 3 is 2.53 bits per heavy atom. The Bertz CT molecular complexity index is 317. The summed E-state index contributed by atoms with van der Waals surface area (Å²) in [5.74, 6) is 0.0214. The molecular weight excluding hydrogens is 236 g/mol. The molecule has 1 aromatic carbocycles. The van der Waals surface area contributed by atoms with E-state index in [9.17, 15) is 4.39 Å². The predicted octanol–water partition coefficient (Wildman–Crippen LogP) is 3.95. The van der Waals surface area contributed by atoms with Crippen LogP contribution >= 0.6 is 24.0 Å². The highest BCUT2D eigenvalue weighted by Gasteiger charge is 2.16. The number of nitrogens with two attached hydrogens (primary N) is 1. The summed E-state index contributed by atoms with van der Waals surface area (Å²) in [5.41, 5.74) is 6.81. The maximum absolute atomic E-state index is 12.8. The van der Waals surface area contributed by atoms with Gasteiger partial charge >= 0.3 is 0 Å². The van der Waals surface area contributed by atoms with Crippen molar-refractivity contribution < 1.29 is 4.39 Å². The Morgan fingerprint density at radius 2 is 2.07 bits per heavy atom. The summed E-state index contributed by atoms with van der Waals surface area (Å²) in [4.78, 5) is 0. The fourth-order valence-electron chi connectivity index (χ4n) is 1.33. The molecule has 0 saturated carbocycles. The van der Waals surface area contributed by atoms with E-state index in [1.807, 2.05) is 0 Å². The molecule has 0 amide bonds. The lowest BCUT2D eigenvalue weighted by Gasteiger charge is -2.19. The smallest absolute Gasteiger partial charge is 0.124 e. The van der Waals surface area contributed by atoms with E-state index in [-0.39, 0.29) is 24.3 Å². The summed E-state index contributed by atoms with van der Waals surface area (Å²) in [5, 5.41) is 0.415. The van der Waals surface area contributed by atoms with Crippen molar-refractivity contribution in [3.05, 3.63) is 34.6 Å². The van der Waals surface area contributed by atoms with Gasteiger partial charge in [-0.05, 0) is 23.6 Å². The van der Waals surface area contributed by atoms with E-state index in [0.29, 0.717) is 10.9 Å². The van der Waals surface area contributed by atoms with Crippen LogP contribution in [-0.4, -0.2) is 0 Å². The van der Waals surface area contributed by atoms with Crippen LogP contribution in [0.15, 0.2) is 18.2 Å². The van der Waals surface area contributed by atoms with Crippen molar-refractivity contribution in [2.45, 2.75) is 26.3 Å². The summed E-state index contributed by atoms with van der Waals surface area (Å²) in [6.07, 6.45) is 0.981. The number of benzene rings is 1. The van der Waals surface area contributed by atoms with Crippen LogP contribution in [0.5, 0.6) is 0 Å². The first-order valence-corrected chi connectivity index (χ1v) is 5.14. The Balaban J connectivity index is 0.00000196. The third kappa shape index (κ3) is 3.63. The van der Waals surface area contributed by atoms with Crippen LogP contribution in [0.3, 0.4) is 0 Å². The zero-order chi connectivity index (χ0) is 10.7. The standard InChI is InChI=1S/C11H15ClFN.ClH/c1-3-7(2)11(14)9-5-4-8(13)6-10(9)12;/h4-7,11H,3,14H2,1-2H3;1H/t7?,11-;/m0./s1. The number of rotatable bonds is 3. The van der Waals surface area contributed by atoms with Crippen molar-refractivity contribution in [3.8, 4) is 0 Å². The van der Waals surface area contributed by atoms with Gasteiger partial charge in [0, 0.05) is 11.1 Å². The van der Waals surface area contributed by atoms with Crippen molar-refractivity contribution >= 4 is 24.0 Å². The van der Waals surface area contributed by atoms with Crippen LogP contribution in [0.25, 0.3) is 0 Å². The van der Waals surface area contributed by atoms with Crippen molar-refractivity contribution in [2.24, 2.45) is 11.7 Å². The second-order valence-corrected chi connectivity index (χ2v) is 3.98. The molecule has 0 aromatic heterocycles. The van der Waals surface area contributed by atoms with Gasteiger partial charge in [-0.3, -0.25) is 0 Å². The third-order valence-corrected chi connectivity index (χ3v) is 2.91. The second-order valence-electron chi connectivity index (χ2n) is 3.58. The SMILES string of the molecule is CCC(C)[C@H](N)c1ccc(F)cc1Cl.Cl. The lowest BCUT2D eigenvalue weighted by Crippen LogP contribution is -2.18. The van der Waals surface area contributed by atoms with Gasteiger partial charge in [-0.2, -0.15) is 0 Å². The van der Waals surface area contributed by atoms with Gasteiger partial charge < -0.3 is 5.73 Å². The normalized spacial score (nSPS) is 14.2. The lowest BCUT2D eigenvalue weighted by atomic mass is 9.93. The summed E-state index contributed by atoms with van der Waals surface area (Å²) in [6, 6.07) is 4.24. The van der Waals surface area contributed by atoms with E-state index in [2.05, 4.69) is 13.8 Å². The van der Waals surface area contributed by atoms with E-state index in [1.54, 1.807) is 6.07 Å². The van der Waals surface area contributed by atoms with Gasteiger partial charge in [0.2, 0.25) is 0 Å². The molecule has 0 fully saturated rings. The van der Waals surface area contributed by atoms with Crippen LogP contribution in [0.1, 0.15) is 31.9 Å². The minimum atomic E-state index is -0.324. The monoisotopic (exact) mass is 251 g/mol. The maximum atomic E-state index is 12.8. The highest BCUT2D eigenvalue weighted by molar-refractivity contribution is 6.31. The molecule has 0 saturated heterocycles. The van der Waals surface area contributed by atoms with Gasteiger partial charge in [0.05, 0.1) is 0 Å². The predicted molar refractivity (Wildman–Crippen MR) is 65.0 cm³/mol. The molecule has 15 heavy (non-hydrogen) atoms. The summed E-state index contributed by atoms with van der Waals surface area (Å²) >= 11 is 5.91. The first-order valence-electron chi connectivity index (χ1n) is 4.76. The average Bonchev–Trinajstić information content (AvgIpc) is 2.15. The molecule has 86 valence electrons. The molecule has 0 spiro atoms. The van der Waals surface area contributed by atoms with E-state index < -0.39 is 0 Å². The van der Waals surface area contributed by atoms with Crippen molar-refractivity contribution in [1.82, 2.24) is 0 Å². The first kappa shape index (κ1) is 14.7. The zero-order valence-corrected chi connectivity index (χ0v) is 10.4. The molecule has 4 heteroatoms. The molecule has 0 heterocycles. The molecule has 0 radical (unpaired) electrons. The second kappa shape index (κ2) is 6.31. The summed E-state index contributed by atoms with van der Waals surface area (Å²) in [6.45, 7) is 4.13. The van der Waals surface area contributed by atoms with E-state index in [0.717, 1.165) is 12.0 Å². The topological polar surface area (TPSA) is 26.0 Å². The van der Waals surface area contributed by atoms with Gasteiger partial charge in [-0.15, -0.1) is 12.4 Å². The van der Waals surface area contributed by atoms with Crippen LogP contribution in [0.4, 0.5) is 4.39 Å². The molecule has 2 N–H and O–H groups in total. The largest absolute Gasteiger partial charge is 0.324 e. The Hall–Kier alpha value is -0.310. The van der Waals surface area contributed by atoms with Crippen molar-refractivity contribution in [1.29, 1.82) is 0 Å². The Labute approximate surface area is 101 Å². The molecule has 0 aliphatic carbocycles. The van der Waals surface area contributed by atoms with Crippen LogP contribution in [0.2, 0.25) is 5.02 Å². The fraction of sp³-hybridized carbons (Fsp3) is 0.455. The van der Waals surface area contributed by atoms with Gasteiger partial charge in [0.25, 0.3) is 0 Å². The molecule has 1 nitrogen and oxygen atoms in total. The molecular formula is C11H16Cl2FN. The minimum Gasteiger partial charge on any atom is -0.324 e. The quantitative estimate of drug-likeness (QED) is 0.866. The Kier molecular flexibility index (Phi) is 6.18. The van der Waals surface area contributed by atoms with Gasteiger partial charge in [0.1, 0.15) is 5.82 Å². The van der Waals surface area contributed by atoms with Crippen molar-refractivity contribution in [2.75, 3.05) is 0 Å². The molecule has 0 bridgehead atoms. The van der Waals surface area contributed by atoms with E-state index in [1.165, 1.54) is 12.1 Å². The van der Waals surface area contributed by atoms with Crippen LogP contribution in [-0.2, 0) is 0 Å². The highest BCUT2D eigenvalue weighted by Crippen LogP contribution is 2.28. The fourth-order valence-corrected chi connectivity index (χ4v) is 1.63. The minimum absolute atomic E-state index is 0.